The van der Waals surface area contributed by atoms with E-state index >= 15 is 0 Å². The van der Waals surface area contributed by atoms with Crippen molar-refractivity contribution in [2.75, 3.05) is 20.2 Å². The van der Waals surface area contributed by atoms with Crippen LogP contribution in [0.1, 0.15) is 41.0 Å². The van der Waals surface area contributed by atoms with Crippen LogP contribution < -0.4 is 9.47 Å². The Balaban J connectivity index is 1.22. The van der Waals surface area contributed by atoms with Gasteiger partial charge in [-0.3, -0.25) is 9.89 Å². The van der Waals surface area contributed by atoms with Gasteiger partial charge in [0.2, 0.25) is 0 Å². The molecule has 2 fully saturated rings. The molecule has 0 radical (unpaired) electrons. The highest BCUT2D eigenvalue weighted by Gasteiger charge is 2.36. The molecule has 0 spiro atoms. The molecule has 1 aliphatic carbocycles. The van der Waals surface area contributed by atoms with Gasteiger partial charge in [0, 0.05) is 30.4 Å². The van der Waals surface area contributed by atoms with E-state index in [4.69, 9.17) is 26.1 Å². The number of benzene rings is 2. The molecule has 1 saturated carbocycles. The van der Waals surface area contributed by atoms with Crippen molar-refractivity contribution in [2.45, 2.75) is 42.0 Å². The number of ether oxygens (including phenoxy) is 2. The summed E-state index contributed by atoms with van der Waals surface area (Å²) in [5.41, 5.74) is 2.36. The molecule has 6 heteroatoms. The summed E-state index contributed by atoms with van der Waals surface area (Å²) in [6.07, 6.45) is 6.38. The number of hydrogen-bond donors (Lipinski definition) is 0. The highest BCUT2D eigenvalue weighted by Crippen LogP contribution is 2.46. The number of hydrogen-bond acceptors (Lipinski definition) is 5. The fourth-order valence-electron chi connectivity index (χ4n) is 4.05. The van der Waals surface area contributed by atoms with Crippen LogP contribution in [0.4, 0.5) is 0 Å². The lowest BCUT2D eigenvalue weighted by atomic mass is 9.89. The maximum Gasteiger partial charge on any atom is 0.161 e. The fourth-order valence-corrected chi connectivity index (χ4v) is 5.36. The molecule has 2 unspecified atom stereocenters. The van der Waals surface area contributed by atoms with E-state index in [1.807, 2.05) is 48.3 Å². The van der Waals surface area contributed by atoms with Crippen molar-refractivity contribution >= 4 is 29.6 Å². The predicted octanol–water partition coefficient (Wildman–Crippen LogP) is 5.52. The molecule has 29 heavy (non-hydrogen) atoms. The van der Waals surface area contributed by atoms with Gasteiger partial charge in [-0.2, -0.15) is 0 Å². The second kappa shape index (κ2) is 8.21. The molecular formula is C23H25ClN2O2S. The maximum absolute atomic E-state index is 6.22. The summed E-state index contributed by atoms with van der Waals surface area (Å²) in [4.78, 5) is 7.24. The summed E-state index contributed by atoms with van der Waals surface area (Å²) in [6, 6.07) is 15.0. The monoisotopic (exact) mass is 428 g/mol. The molecule has 2 aromatic carbocycles. The van der Waals surface area contributed by atoms with E-state index in [-0.39, 0.29) is 16.7 Å². The van der Waals surface area contributed by atoms with Crippen molar-refractivity contribution in [3.8, 4) is 11.5 Å². The third-order valence-corrected chi connectivity index (χ3v) is 7.66. The third-order valence-electron chi connectivity index (χ3n) is 6.06. The van der Waals surface area contributed by atoms with Gasteiger partial charge in [0.05, 0.1) is 12.4 Å². The molecular weight excluding hydrogens is 404 g/mol. The Morgan fingerprint density at radius 1 is 1.03 bits per heavy atom. The second-order valence-electron chi connectivity index (χ2n) is 7.95. The van der Waals surface area contributed by atoms with Crippen LogP contribution in [0.2, 0.25) is 5.02 Å². The van der Waals surface area contributed by atoms with E-state index in [0.29, 0.717) is 0 Å². The Kier molecular flexibility index (Phi) is 5.46. The number of halogens is 1. The summed E-state index contributed by atoms with van der Waals surface area (Å²) in [6.45, 7) is 2.06. The zero-order valence-corrected chi connectivity index (χ0v) is 18.0. The Hall–Kier alpha value is -1.69. The highest BCUT2D eigenvalue weighted by atomic mass is 35.5. The van der Waals surface area contributed by atoms with E-state index < -0.39 is 0 Å². The molecule has 152 valence electrons. The lowest BCUT2D eigenvalue weighted by molar-refractivity contribution is -0.0316. The molecule has 0 amide bonds. The maximum atomic E-state index is 6.22. The van der Waals surface area contributed by atoms with Crippen molar-refractivity contribution in [3.05, 3.63) is 58.6 Å². The molecule has 0 N–H and O–H groups in total. The van der Waals surface area contributed by atoms with Gasteiger partial charge >= 0.3 is 0 Å². The first-order chi connectivity index (χ1) is 14.2. The van der Waals surface area contributed by atoms with Crippen LogP contribution in [-0.4, -0.2) is 43.5 Å². The summed E-state index contributed by atoms with van der Waals surface area (Å²) in [5, 5.41) is 1.06. The minimum Gasteiger partial charge on any atom is -0.493 e. The van der Waals surface area contributed by atoms with E-state index in [0.717, 1.165) is 35.7 Å². The van der Waals surface area contributed by atoms with Crippen molar-refractivity contribution in [3.63, 3.8) is 0 Å². The normalized spacial score (nSPS) is 24.9. The van der Waals surface area contributed by atoms with Gasteiger partial charge < -0.3 is 9.47 Å². The molecule has 4 nitrogen and oxygen atoms in total. The third kappa shape index (κ3) is 4.00. The van der Waals surface area contributed by atoms with Crippen LogP contribution in [0.3, 0.4) is 0 Å². The van der Waals surface area contributed by atoms with E-state index in [2.05, 4.69) is 17.0 Å². The Labute approximate surface area is 181 Å². The first kappa shape index (κ1) is 19.3. The zero-order valence-electron chi connectivity index (χ0n) is 16.5. The van der Waals surface area contributed by atoms with Gasteiger partial charge in [-0.1, -0.05) is 36.2 Å². The Morgan fingerprint density at radius 2 is 1.79 bits per heavy atom. The molecule has 0 aromatic heterocycles. The van der Waals surface area contributed by atoms with Crippen LogP contribution >= 0.6 is 23.4 Å². The van der Waals surface area contributed by atoms with Crippen LogP contribution in [0, 0.1) is 0 Å². The quantitative estimate of drug-likeness (QED) is 0.606. The standard InChI is InChI=1S/C23H25ClN2O2S/c1-27-21-11-16(22-12-25-23(29-22)15-5-8-17(24)9-6-15)7-10-20(21)28-19-13-26(14-19)18-3-2-4-18/h5-12,18-19,22-23H,2-4,13-14H2,1H3. The average molecular weight is 429 g/mol. The van der Waals surface area contributed by atoms with Crippen LogP contribution in [-0.2, 0) is 0 Å². The number of aliphatic imine (C=N–C) groups is 1. The van der Waals surface area contributed by atoms with E-state index in [1.165, 1.54) is 30.4 Å². The van der Waals surface area contributed by atoms with Crippen molar-refractivity contribution < 1.29 is 9.47 Å². The van der Waals surface area contributed by atoms with Crippen LogP contribution in [0.5, 0.6) is 11.5 Å². The van der Waals surface area contributed by atoms with Crippen molar-refractivity contribution in [1.82, 2.24) is 4.90 Å². The van der Waals surface area contributed by atoms with E-state index in [1.54, 1.807) is 7.11 Å². The molecule has 3 aliphatic rings. The van der Waals surface area contributed by atoms with Crippen LogP contribution in [0.15, 0.2) is 47.5 Å². The van der Waals surface area contributed by atoms with Gasteiger partial charge in [0.25, 0.3) is 0 Å². The van der Waals surface area contributed by atoms with Gasteiger partial charge in [0.1, 0.15) is 11.5 Å². The smallest absolute Gasteiger partial charge is 0.161 e. The largest absolute Gasteiger partial charge is 0.493 e. The van der Waals surface area contributed by atoms with Crippen molar-refractivity contribution in [1.29, 1.82) is 0 Å². The first-order valence-corrected chi connectivity index (χ1v) is 11.5. The van der Waals surface area contributed by atoms with Gasteiger partial charge in [-0.05, 0) is 48.2 Å². The second-order valence-corrected chi connectivity index (χ2v) is 9.61. The molecule has 2 aromatic rings. The summed E-state index contributed by atoms with van der Waals surface area (Å²) < 4.78 is 11.9. The number of likely N-dealkylation sites (tertiary alicyclic amines) is 1. The first-order valence-electron chi connectivity index (χ1n) is 10.2. The van der Waals surface area contributed by atoms with Crippen molar-refractivity contribution in [2.24, 2.45) is 4.99 Å². The minimum absolute atomic E-state index is 0.103. The lowest BCUT2D eigenvalue weighted by Gasteiger charge is -2.47. The van der Waals surface area contributed by atoms with Gasteiger partial charge in [-0.15, -0.1) is 11.8 Å². The van der Waals surface area contributed by atoms with Gasteiger partial charge in [0.15, 0.2) is 11.5 Å². The number of methoxy groups -OCH3 is 1. The summed E-state index contributed by atoms with van der Waals surface area (Å²) in [5.74, 6) is 1.64. The molecule has 2 heterocycles. The number of thioether (sulfide) groups is 1. The lowest BCUT2D eigenvalue weighted by Crippen LogP contribution is -2.59. The molecule has 5 rings (SSSR count). The Morgan fingerprint density at radius 3 is 2.48 bits per heavy atom. The summed E-state index contributed by atoms with van der Waals surface area (Å²) >= 11 is 7.82. The highest BCUT2D eigenvalue weighted by molar-refractivity contribution is 8.00. The topological polar surface area (TPSA) is 34.1 Å². The van der Waals surface area contributed by atoms with Crippen LogP contribution in [0.25, 0.3) is 0 Å². The Bertz CT molecular complexity index is 894. The SMILES string of the molecule is COc1cc(C2C=NC(c3ccc(Cl)cc3)S2)ccc1OC1CN(C2CCC2)C1. The molecule has 1 saturated heterocycles. The average Bonchev–Trinajstić information content (AvgIpc) is 3.15. The number of rotatable bonds is 6. The predicted molar refractivity (Wildman–Crippen MR) is 120 cm³/mol. The van der Waals surface area contributed by atoms with Gasteiger partial charge in [-0.25, -0.2) is 0 Å². The number of nitrogens with zero attached hydrogens (tertiary/aromatic N) is 2. The summed E-state index contributed by atoms with van der Waals surface area (Å²) in [7, 11) is 1.71. The molecule has 2 atom stereocenters. The fraction of sp³-hybridized carbons (Fsp3) is 0.435. The zero-order chi connectivity index (χ0) is 19.8. The molecule has 0 bridgehead atoms. The van der Waals surface area contributed by atoms with E-state index in [9.17, 15) is 0 Å². The minimum atomic E-state index is 0.103. The molecule has 2 aliphatic heterocycles.